The van der Waals surface area contributed by atoms with Crippen LogP contribution in [-0.4, -0.2) is 31.9 Å². The van der Waals surface area contributed by atoms with Crippen molar-refractivity contribution in [2.45, 2.75) is 25.9 Å². The molecule has 90 valence electrons. The van der Waals surface area contributed by atoms with Crippen molar-refractivity contribution in [2.75, 3.05) is 20.7 Å². The zero-order chi connectivity index (χ0) is 12.0. The van der Waals surface area contributed by atoms with E-state index in [-0.39, 0.29) is 6.10 Å². The van der Waals surface area contributed by atoms with Gasteiger partial charge in [0, 0.05) is 6.54 Å². The highest BCUT2D eigenvalue weighted by atomic mass is 16.5. The standard InChI is InChI=1S/C13H21NO2/c1-4-11-7-10(5-6-13(11)16-3)8-12(15)9-14-2/h5-7,12,14-15H,4,8-9H2,1-3H3. The number of benzene rings is 1. The summed E-state index contributed by atoms with van der Waals surface area (Å²) in [5.74, 6) is 0.925. The number of ether oxygens (including phenoxy) is 1. The topological polar surface area (TPSA) is 41.5 Å². The van der Waals surface area contributed by atoms with Crippen molar-refractivity contribution in [2.24, 2.45) is 0 Å². The van der Waals surface area contributed by atoms with Gasteiger partial charge in [0.1, 0.15) is 5.75 Å². The number of aryl methyl sites for hydroxylation is 1. The minimum atomic E-state index is -0.330. The Bertz CT molecular complexity index is 326. The summed E-state index contributed by atoms with van der Waals surface area (Å²) in [7, 11) is 3.53. The third-order valence-corrected chi connectivity index (χ3v) is 2.64. The normalized spacial score (nSPS) is 12.5. The summed E-state index contributed by atoms with van der Waals surface area (Å²) in [6.07, 6.45) is 1.29. The maximum absolute atomic E-state index is 9.70. The molecule has 2 N–H and O–H groups in total. The third-order valence-electron chi connectivity index (χ3n) is 2.64. The fraction of sp³-hybridized carbons (Fsp3) is 0.538. The minimum Gasteiger partial charge on any atom is -0.496 e. The molecule has 0 saturated heterocycles. The van der Waals surface area contributed by atoms with Gasteiger partial charge in [-0.2, -0.15) is 0 Å². The molecule has 0 aliphatic rings. The van der Waals surface area contributed by atoms with Gasteiger partial charge in [-0.25, -0.2) is 0 Å². The molecule has 0 aliphatic heterocycles. The number of likely N-dealkylation sites (N-methyl/N-ethyl adjacent to an activating group) is 1. The highest BCUT2D eigenvalue weighted by molar-refractivity contribution is 5.37. The van der Waals surface area contributed by atoms with Crippen LogP contribution in [0.25, 0.3) is 0 Å². The molecule has 1 rings (SSSR count). The first-order valence-corrected chi connectivity index (χ1v) is 5.69. The summed E-state index contributed by atoms with van der Waals surface area (Å²) in [6, 6.07) is 6.09. The Balaban J connectivity index is 2.74. The van der Waals surface area contributed by atoms with E-state index < -0.39 is 0 Å². The van der Waals surface area contributed by atoms with E-state index in [9.17, 15) is 5.11 Å². The van der Waals surface area contributed by atoms with Crippen LogP contribution >= 0.6 is 0 Å². The minimum absolute atomic E-state index is 0.330. The van der Waals surface area contributed by atoms with Crippen LogP contribution in [0.15, 0.2) is 18.2 Å². The molecule has 1 atom stereocenters. The SMILES string of the molecule is CCc1cc(CC(O)CNC)ccc1OC. The van der Waals surface area contributed by atoms with Gasteiger partial charge >= 0.3 is 0 Å². The van der Waals surface area contributed by atoms with Gasteiger partial charge in [0.15, 0.2) is 0 Å². The van der Waals surface area contributed by atoms with Gasteiger partial charge in [-0.15, -0.1) is 0 Å². The van der Waals surface area contributed by atoms with Gasteiger partial charge in [0.25, 0.3) is 0 Å². The van der Waals surface area contributed by atoms with Gasteiger partial charge in [-0.1, -0.05) is 19.1 Å². The van der Waals surface area contributed by atoms with Crippen LogP contribution < -0.4 is 10.1 Å². The molecule has 0 amide bonds. The van der Waals surface area contributed by atoms with Crippen LogP contribution in [0.2, 0.25) is 0 Å². The molecule has 16 heavy (non-hydrogen) atoms. The quantitative estimate of drug-likeness (QED) is 0.765. The van der Waals surface area contributed by atoms with Crippen molar-refractivity contribution >= 4 is 0 Å². The number of aliphatic hydroxyl groups is 1. The molecular weight excluding hydrogens is 202 g/mol. The number of methoxy groups -OCH3 is 1. The lowest BCUT2D eigenvalue weighted by molar-refractivity contribution is 0.175. The second-order valence-corrected chi connectivity index (χ2v) is 3.92. The molecule has 3 heteroatoms. The molecule has 0 aliphatic carbocycles. The lowest BCUT2D eigenvalue weighted by Gasteiger charge is -2.12. The van der Waals surface area contributed by atoms with E-state index in [4.69, 9.17) is 4.74 Å². The molecule has 3 nitrogen and oxygen atoms in total. The van der Waals surface area contributed by atoms with E-state index in [1.165, 1.54) is 5.56 Å². The van der Waals surface area contributed by atoms with Crippen molar-refractivity contribution in [3.63, 3.8) is 0 Å². The van der Waals surface area contributed by atoms with Gasteiger partial charge in [-0.05, 0) is 37.1 Å². The molecule has 1 unspecified atom stereocenters. The zero-order valence-electron chi connectivity index (χ0n) is 10.3. The monoisotopic (exact) mass is 223 g/mol. The predicted molar refractivity (Wildman–Crippen MR) is 66.0 cm³/mol. The fourth-order valence-electron chi connectivity index (χ4n) is 1.82. The number of hydrogen-bond donors (Lipinski definition) is 2. The molecule has 1 aromatic carbocycles. The summed E-state index contributed by atoms with van der Waals surface area (Å²) in [5.41, 5.74) is 2.34. The Hall–Kier alpha value is -1.06. The molecule has 1 aromatic rings. The number of hydrogen-bond acceptors (Lipinski definition) is 3. The maximum atomic E-state index is 9.70. The summed E-state index contributed by atoms with van der Waals surface area (Å²) >= 11 is 0. The summed E-state index contributed by atoms with van der Waals surface area (Å²) in [5, 5.41) is 12.7. The van der Waals surface area contributed by atoms with Gasteiger partial charge in [0.05, 0.1) is 13.2 Å². The largest absolute Gasteiger partial charge is 0.496 e. The second-order valence-electron chi connectivity index (χ2n) is 3.92. The molecule has 0 fully saturated rings. The van der Waals surface area contributed by atoms with Crippen molar-refractivity contribution in [1.82, 2.24) is 5.32 Å². The van der Waals surface area contributed by atoms with E-state index in [0.29, 0.717) is 13.0 Å². The van der Waals surface area contributed by atoms with E-state index in [1.54, 1.807) is 7.11 Å². The highest BCUT2D eigenvalue weighted by Gasteiger charge is 2.07. The van der Waals surface area contributed by atoms with Crippen molar-refractivity contribution in [1.29, 1.82) is 0 Å². The Morgan fingerprint density at radius 3 is 2.75 bits per heavy atom. The van der Waals surface area contributed by atoms with E-state index in [1.807, 2.05) is 19.2 Å². The van der Waals surface area contributed by atoms with E-state index in [2.05, 4.69) is 18.3 Å². The van der Waals surface area contributed by atoms with Crippen LogP contribution in [0.4, 0.5) is 0 Å². The molecule has 0 bridgehead atoms. The molecule has 0 saturated carbocycles. The van der Waals surface area contributed by atoms with Crippen LogP contribution in [0, 0.1) is 0 Å². The lowest BCUT2D eigenvalue weighted by Crippen LogP contribution is -2.25. The smallest absolute Gasteiger partial charge is 0.122 e. The third kappa shape index (κ3) is 3.51. The highest BCUT2D eigenvalue weighted by Crippen LogP contribution is 2.20. The maximum Gasteiger partial charge on any atom is 0.122 e. The first-order valence-electron chi connectivity index (χ1n) is 5.69. The summed E-state index contributed by atoms with van der Waals surface area (Å²) < 4.78 is 5.27. The Morgan fingerprint density at radius 2 is 2.19 bits per heavy atom. The average molecular weight is 223 g/mol. The average Bonchev–Trinajstić information content (AvgIpc) is 2.29. The molecule has 0 heterocycles. The van der Waals surface area contributed by atoms with E-state index >= 15 is 0 Å². The molecule has 0 spiro atoms. The fourth-order valence-corrected chi connectivity index (χ4v) is 1.82. The number of aliphatic hydroxyl groups excluding tert-OH is 1. The Kier molecular flexibility index (Phi) is 5.29. The lowest BCUT2D eigenvalue weighted by atomic mass is 10.0. The number of rotatable bonds is 6. The Labute approximate surface area is 97.4 Å². The Morgan fingerprint density at radius 1 is 1.44 bits per heavy atom. The molecule has 0 radical (unpaired) electrons. The van der Waals surface area contributed by atoms with Crippen molar-refractivity contribution in [3.8, 4) is 5.75 Å². The van der Waals surface area contributed by atoms with Crippen LogP contribution in [0.5, 0.6) is 5.75 Å². The molecular formula is C13H21NO2. The van der Waals surface area contributed by atoms with Gasteiger partial charge in [-0.3, -0.25) is 0 Å². The first kappa shape index (κ1) is 13.0. The van der Waals surface area contributed by atoms with Crippen molar-refractivity contribution < 1.29 is 9.84 Å². The van der Waals surface area contributed by atoms with Crippen molar-refractivity contribution in [3.05, 3.63) is 29.3 Å². The van der Waals surface area contributed by atoms with Crippen LogP contribution in [0.3, 0.4) is 0 Å². The molecule has 0 aromatic heterocycles. The zero-order valence-corrected chi connectivity index (χ0v) is 10.3. The summed E-state index contributed by atoms with van der Waals surface area (Å²) in [6.45, 7) is 2.72. The second kappa shape index (κ2) is 6.51. The summed E-state index contributed by atoms with van der Waals surface area (Å²) in [4.78, 5) is 0. The van der Waals surface area contributed by atoms with Gasteiger partial charge < -0.3 is 15.2 Å². The predicted octanol–water partition coefficient (Wildman–Crippen LogP) is 1.38. The van der Waals surface area contributed by atoms with Gasteiger partial charge in [0.2, 0.25) is 0 Å². The van der Waals surface area contributed by atoms with Crippen LogP contribution in [0.1, 0.15) is 18.1 Å². The first-order chi connectivity index (χ1) is 7.71. The number of nitrogens with one attached hydrogen (secondary N) is 1. The van der Waals surface area contributed by atoms with Crippen LogP contribution in [-0.2, 0) is 12.8 Å². The van der Waals surface area contributed by atoms with E-state index in [0.717, 1.165) is 17.7 Å².